The first-order chi connectivity index (χ1) is 11.8. The van der Waals surface area contributed by atoms with E-state index in [0.717, 1.165) is 4.90 Å². The van der Waals surface area contributed by atoms with Crippen molar-refractivity contribution in [3.63, 3.8) is 0 Å². The Balaban J connectivity index is 1.82. The van der Waals surface area contributed by atoms with Gasteiger partial charge < -0.3 is 15.0 Å². The fourth-order valence-corrected chi connectivity index (χ4v) is 2.21. The number of nitrogens with zero attached hydrogens (tertiary/aromatic N) is 1. The highest BCUT2D eigenvalue weighted by Crippen LogP contribution is 2.21. The number of likely N-dealkylation sites (N-methyl/N-ethyl adjacent to an activating group) is 1. The average Bonchev–Trinajstić information content (AvgIpc) is 2.55. The van der Waals surface area contributed by atoms with Crippen molar-refractivity contribution < 1.29 is 23.1 Å². The first-order valence-corrected chi connectivity index (χ1v) is 8.01. The molecule has 0 saturated heterocycles. The van der Waals surface area contributed by atoms with E-state index in [9.17, 15) is 18.4 Å². The smallest absolute Gasteiger partial charge is 0.260 e. The SMILES string of the molecule is CN(CC(=O)Nc1ccc(F)cc1)C(=O)COc1ccc(Br)cc1F. The monoisotopic (exact) mass is 412 g/mol. The van der Waals surface area contributed by atoms with Crippen molar-refractivity contribution in [2.24, 2.45) is 0 Å². The normalized spacial score (nSPS) is 10.2. The molecule has 25 heavy (non-hydrogen) atoms. The van der Waals surface area contributed by atoms with Gasteiger partial charge in [-0.2, -0.15) is 0 Å². The molecular formula is C17H15BrF2N2O3. The van der Waals surface area contributed by atoms with Gasteiger partial charge in [-0.25, -0.2) is 8.78 Å². The van der Waals surface area contributed by atoms with Gasteiger partial charge in [-0.3, -0.25) is 9.59 Å². The Morgan fingerprint density at radius 2 is 1.84 bits per heavy atom. The molecule has 2 aromatic rings. The van der Waals surface area contributed by atoms with Crippen LogP contribution in [0.1, 0.15) is 0 Å². The van der Waals surface area contributed by atoms with E-state index in [-0.39, 0.29) is 12.3 Å². The van der Waals surface area contributed by atoms with Gasteiger partial charge in [-0.05, 0) is 42.5 Å². The van der Waals surface area contributed by atoms with Gasteiger partial charge in [0.15, 0.2) is 18.2 Å². The molecule has 0 radical (unpaired) electrons. The summed E-state index contributed by atoms with van der Waals surface area (Å²) < 4.78 is 32.1. The lowest BCUT2D eigenvalue weighted by molar-refractivity contribution is -0.135. The molecule has 2 aromatic carbocycles. The molecule has 8 heteroatoms. The number of halogens is 3. The van der Waals surface area contributed by atoms with Gasteiger partial charge in [0.25, 0.3) is 5.91 Å². The minimum absolute atomic E-state index is 0.0549. The molecule has 2 amide bonds. The molecule has 0 aliphatic carbocycles. The minimum atomic E-state index is -0.598. The zero-order valence-corrected chi connectivity index (χ0v) is 14.8. The van der Waals surface area contributed by atoms with Crippen LogP contribution in [0.4, 0.5) is 14.5 Å². The Hall–Kier alpha value is -2.48. The summed E-state index contributed by atoms with van der Waals surface area (Å²) >= 11 is 3.12. The molecule has 1 N–H and O–H groups in total. The maximum Gasteiger partial charge on any atom is 0.260 e. The van der Waals surface area contributed by atoms with Gasteiger partial charge in [0.2, 0.25) is 5.91 Å². The predicted octanol–water partition coefficient (Wildman–Crippen LogP) is 3.20. The lowest BCUT2D eigenvalue weighted by atomic mass is 10.3. The first-order valence-electron chi connectivity index (χ1n) is 7.22. The molecule has 0 aliphatic rings. The number of rotatable bonds is 6. The molecule has 0 bridgehead atoms. The van der Waals surface area contributed by atoms with E-state index in [0.29, 0.717) is 10.2 Å². The summed E-state index contributed by atoms with van der Waals surface area (Å²) in [5.41, 5.74) is 0.417. The second-order valence-electron chi connectivity index (χ2n) is 5.17. The molecule has 0 saturated carbocycles. The lowest BCUT2D eigenvalue weighted by Crippen LogP contribution is -2.37. The number of nitrogens with one attached hydrogen (secondary N) is 1. The Morgan fingerprint density at radius 3 is 2.48 bits per heavy atom. The topological polar surface area (TPSA) is 58.6 Å². The number of benzene rings is 2. The van der Waals surface area contributed by atoms with Crippen LogP contribution in [0.5, 0.6) is 5.75 Å². The Labute approximate surface area is 151 Å². The van der Waals surface area contributed by atoms with E-state index in [2.05, 4.69) is 21.2 Å². The van der Waals surface area contributed by atoms with Crippen LogP contribution in [0.15, 0.2) is 46.9 Å². The summed E-state index contributed by atoms with van der Waals surface area (Å²) in [5.74, 6) is -2.00. The van der Waals surface area contributed by atoms with Crippen molar-refractivity contribution >= 4 is 33.4 Å². The third kappa shape index (κ3) is 5.82. The van der Waals surface area contributed by atoms with E-state index < -0.39 is 30.1 Å². The molecule has 0 spiro atoms. The van der Waals surface area contributed by atoms with E-state index in [1.807, 2.05) is 0 Å². The van der Waals surface area contributed by atoms with Crippen molar-refractivity contribution in [3.05, 3.63) is 58.6 Å². The minimum Gasteiger partial charge on any atom is -0.481 e. The molecule has 5 nitrogen and oxygen atoms in total. The summed E-state index contributed by atoms with van der Waals surface area (Å²) in [4.78, 5) is 25.0. The molecule has 0 heterocycles. The van der Waals surface area contributed by atoms with Crippen LogP contribution in [0.25, 0.3) is 0 Å². The second kappa shape index (κ2) is 8.57. The van der Waals surface area contributed by atoms with E-state index in [1.54, 1.807) is 6.07 Å². The quantitative estimate of drug-likeness (QED) is 0.792. The van der Waals surface area contributed by atoms with Gasteiger partial charge in [-0.1, -0.05) is 15.9 Å². The van der Waals surface area contributed by atoms with E-state index in [1.165, 1.54) is 43.4 Å². The van der Waals surface area contributed by atoms with Gasteiger partial charge in [0.05, 0.1) is 6.54 Å². The lowest BCUT2D eigenvalue weighted by Gasteiger charge is -2.17. The van der Waals surface area contributed by atoms with Crippen LogP contribution in [0.3, 0.4) is 0 Å². The fraction of sp³-hybridized carbons (Fsp3) is 0.176. The largest absolute Gasteiger partial charge is 0.481 e. The maximum atomic E-state index is 13.6. The molecule has 0 aromatic heterocycles. The van der Waals surface area contributed by atoms with Gasteiger partial charge >= 0.3 is 0 Å². The number of hydrogen-bond donors (Lipinski definition) is 1. The average molecular weight is 413 g/mol. The second-order valence-corrected chi connectivity index (χ2v) is 6.08. The Kier molecular flexibility index (Phi) is 6.46. The van der Waals surface area contributed by atoms with Crippen LogP contribution in [-0.2, 0) is 9.59 Å². The molecule has 0 fully saturated rings. The number of carbonyl (C=O) groups is 2. The van der Waals surface area contributed by atoms with Crippen LogP contribution in [-0.4, -0.2) is 36.9 Å². The van der Waals surface area contributed by atoms with Crippen molar-refractivity contribution in [2.75, 3.05) is 25.5 Å². The van der Waals surface area contributed by atoms with Crippen molar-refractivity contribution in [1.82, 2.24) is 4.90 Å². The van der Waals surface area contributed by atoms with Crippen molar-refractivity contribution in [1.29, 1.82) is 0 Å². The molecule has 0 atom stereocenters. The van der Waals surface area contributed by atoms with Crippen molar-refractivity contribution in [2.45, 2.75) is 0 Å². The number of carbonyl (C=O) groups excluding carboxylic acids is 2. The zero-order chi connectivity index (χ0) is 18.4. The predicted molar refractivity (Wildman–Crippen MR) is 92.3 cm³/mol. The summed E-state index contributed by atoms with van der Waals surface area (Å²) in [7, 11) is 1.42. The van der Waals surface area contributed by atoms with Crippen molar-refractivity contribution in [3.8, 4) is 5.75 Å². The van der Waals surface area contributed by atoms with Gasteiger partial charge in [-0.15, -0.1) is 0 Å². The van der Waals surface area contributed by atoms with Crippen LogP contribution < -0.4 is 10.1 Å². The Morgan fingerprint density at radius 1 is 1.16 bits per heavy atom. The molecular weight excluding hydrogens is 398 g/mol. The van der Waals surface area contributed by atoms with Gasteiger partial charge in [0, 0.05) is 17.2 Å². The van der Waals surface area contributed by atoms with Crippen LogP contribution in [0, 0.1) is 11.6 Å². The Bertz CT molecular complexity index is 769. The number of amides is 2. The standard InChI is InChI=1S/C17H15BrF2N2O3/c1-22(9-16(23)21-13-5-3-12(19)4-6-13)17(24)10-25-15-7-2-11(18)8-14(15)20/h2-8H,9-10H2,1H3,(H,21,23). The number of hydrogen-bond acceptors (Lipinski definition) is 3. The zero-order valence-electron chi connectivity index (χ0n) is 13.3. The van der Waals surface area contributed by atoms with E-state index >= 15 is 0 Å². The van der Waals surface area contributed by atoms with E-state index in [4.69, 9.17) is 4.74 Å². The molecule has 0 aliphatic heterocycles. The third-order valence-corrected chi connectivity index (χ3v) is 3.67. The van der Waals surface area contributed by atoms with Gasteiger partial charge in [0.1, 0.15) is 5.82 Å². The molecule has 0 unspecified atom stereocenters. The summed E-state index contributed by atoms with van der Waals surface area (Å²) in [6.07, 6.45) is 0. The highest BCUT2D eigenvalue weighted by atomic mass is 79.9. The highest BCUT2D eigenvalue weighted by molar-refractivity contribution is 9.10. The number of ether oxygens (including phenoxy) is 1. The summed E-state index contributed by atoms with van der Waals surface area (Å²) in [6, 6.07) is 9.45. The highest BCUT2D eigenvalue weighted by Gasteiger charge is 2.15. The fourth-order valence-electron chi connectivity index (χ4n) is 1.88. The summed E-state index contributed by atoms with van der Waals surface area (Å²) in [6.45, 7) is -0.624. The molecule has 132 valence electrons. The summed E-state index contributed by atoms with van der Waals surface area (Å²) in [5, 5.41) is 2.54. The molecule has 2 rings (SSSR count). The third-order valence-electron chi connectivity index (χ3n) is 3.18. The van der Waals surface area contributed by atoms with Crippen LogP contribution >= 0.6 is 15.9 Å². The first kappa shape index (κ1) is 18.9. The number of anilines is 1. The maximum absolute atomic E-state index is 13.6. The van der Waals surface area contributed by atoms with Crippen LogP contribution in [0.2, 0.25) is 0 Å².